The zero-order valence-electron chi connectivity index (χ0n) is 14.3. The van der Waals surface area contributed by atoms with Crippen LogP contribution < -0.4 is 10.9 Å². The van der Waals surface area contributed by atoms with E-state index in [1.165, 1.54) is 25.2 Å². The molecule has 0 aliphatic carbocycles. The fourth-order valence-electron chi connectivity index (χ4n) is 2.50. The first-order chi connectivity index (χ1) is 13.2. The number of hydrogen-bond donors (Lipinski definition) is 1. The van der Waals surface area contributed by atoms with E-state index in [0.717, 1.165) is 4.68 Å². The number of thioether (sulfide) groups is 1. The van der Waals surface area contributed by atoms with Gasteiger partial charge in [-0.2, -0.15) is 18.3 Å². The van der Waals surface area contributed by atoms with Crippen molar-refractivity contribution in [2.75, 3.05) is 5.32 Å². The summed E-state index contributed by atoms with van der Waals surface area (Å²) in [6.07, 6.45) is -4.60. The van der Waals surface area contributed by atoms with Crippen LogP contribution in [0.25, 0.3) is 10.8 Å². The average Bonchev–Trinajstić information content (AvgIpc) is 2.65. The van der Waals surface area contributed by atoms with E-state index in [-0.39, 0.29) is 21.8 Å². The highest BCUT2D eigenvalue weighted by molar-refractivity contribution is 8.01. The number of aromatic nitrogens is 2. The zero-order valence-corrected chi connectivity index (χ0v) is 15.9. The second kappa shape index (κ2) is 7.84. The van der Waals surface area contributed by atoms with E-state index in [4.69, 9.17) is 11.6 Å². The summed E-state index contributed by atoms with van der Waals surface area (Å²) in [4.78, 5) is 25.1. The SMILES string of the molecule is Cn1nc(C(=O)Nc2ccccc2S[C@H](Cl)C(F)(F)F)c2ccccc2c1=O. The molecule has 28 heavy (non-hydrogen) atoms. The van der Waals surface area contributed by atoms with E-state index in [0.29, 0.717) is 22.5 Å². The molecule has 3 aromatic rings. The molecule has 0 spiro atoms. The fraction of sp³-hybridized carbons (Fsp3) is 0.167. The lowest BCUT2D eigenvalue weighted by Gasteiger charge is -2.16. The third kappa shape index (κ3) is 4.15. The maximum absolute atomic E-state index is 12.8. The van der Waals surface area contributed by atoms with Gasteiger partial charge in [0.25, 0.3) is 11.5 Å². The smallest absolute Gasteiger partial charge is 0.320 e. The van der Waals surface area contributed by atoms with Crippen LogP contribution in [-0.2, 0) is 7.05 Å². The Morgan fingerprint density at radius 1 is 1.14 bits per heavy atom. The Morgan fingerprint density at radius 3 is 2.43 bits per heavy atom. The fourth-order valence-corrected chi connectivity index (χ4v) is 3.55. The van der Waals surface area contributed by atoms with E-state index < -0.39 is 16.8 Å². The minimum atomic E-state index is -4.60. The highest BCUT2D eigenvalue weighted by Crippen LogP contribution is 2.40. The molecule has 146 valence electrons. The Morgan fingerprint density at radius 2 is 1.75 bits per heavy atom. The highest BCUT2D eigenvalue weighted by Gasteiger charge is 2.39. The molecule has 5 nitrogen and oxygen atoms in total. The summed E-state index contributed by atoms with van der Waals surface area (Å²) in [5, 5.41) is 7.22. The van der Waals surface area contributed by atoms with E-state index in [1.54, 1.807) is 30.3 Å². The first kappa shape index (κ1) is 20.2. The first-order valence-corrected chi connectivity index (χ1v) is 9.24. The molecule has 1 N–H and O–H groups in total. The Bertz CT molecular complexity index is 1100. The minimum Gasteiger partial charge on any atom is -0.320 e. The van der Waals surface area contributed by atoms with Gasteiger partial charge in [-0.05, 0) is 18.2 Å². The lowest BCUT2D eigenvalue weighted by Crippen LogP contribution is -2.25. The van der Waals surface area contributed by atoms with Gasteiger partial charge in [-0.25, -0.2) is 4.68 Å². The number of benzene rings is 2. The number of amides is 1. The third-order valence-electron chi connectivity index (χ3n) is 3.79. The van der Waals surface area contributed by atoms with Gasteiger partial charge in [0, 0.05) is 17.3 Å². The van der Waals surface area contributed by atoms with Crippen molar-refractivity contribution in [2.24, 2.45) is 7.05 Å². The number of anilines is 1. The molecule has 1 amide bonds. The number of para-hydroxylation sites is 1. The maximum atomic E-state index is 12.8. The molecule has 1 heterocycles. The number of fused-ring (bicyclic) bond motifs is 1. The number of halogens is 4. The van der Waals surface area contributed by atoms with Gasteiger partial charge in [0.1, 0.15) is 0 Å². The van der Waals surface area contributed by atoms with Crippen LogP contribution in [0.5, 0.6) is 0 Å². The number of nitrogens with zero attached hydrogens (tertiary/aromatic N) is 2. The van der Waals surface area contributed by atoms with Crippen LogP contribution in [0.1, 0.15) is 10.5 Å². The van der Waals surface area contributed by atoms with Gasteiger partial charge in [0.2, 0.25) is 0 Å². The number of nitrogens with one attached hydrogen (secondary N) is 1. The van der Waals surface area contributed by atoms with Gasteiger partial charge < -0.3 is 5.32 Å². The molecule has 1 aromatic heterocycles. The largest absolute Gasteiger partial charge is 0.414 e. The van der Waals surface area contributed by atoms with Crippen LogP contribution in [0.3, 0.4) is 0 Å². The number of carbonyl (C=O) groups excluding carboxylic acids is 1. The molecular formula is C18H13ClF3N3O2S. The molecule has 0 aliphatic heterocycles. The quantitative estimate of drug-likeness (QED) is 0.495. The van der Waals surface area contributed by atoms with Gasteiger partial charge in [-0.3, -0.25) is 9.59 Å². The predicted octanol–water partition coefficient (Wildman–Crippen LogP) is 4.41. The van der Waals surface area contributed by atoms with Crippen molar-refractivity contribution in [3.8, 4) is 0 Å². The number of carbonyl (C=O) groups is 1. The van der Waals surface area contributed by atoms with Crippen molar-refractivity contribution in [3.63, 3.8) is 0 Å². The Kier molecular flexibility index (Phi) is 5.66. The van der Waals surface area contributed by atoms with Gasteiger partial charge in [0.15, 0.2) is 10.4 Å². The minimum absolute atomic E-state index is 0.0178. The number of aryl methyl sites for hydroxylation is 1. The van der Waals surface area contributed by atoms with E-state index in [2.05, 4.69) is 10.4 Å². The molecule has 2 aromatic carbocycles. The zero-order chi connectivity index (χ0) is 20.5. The van der Waals surface area contributed by atoms with Gasteiger partial charge >= 0.3 is 6.18 Å². The Labute approximate surface area is 166 Å². The van der Waals surface area contributed by atoms with Crippen molar-refractivity contribution < 1.29 is 18.0 Å². The lowest BCUT2D eigenvalue weighted by molar-refractivity contribution is -0.113. The maximum Gasteiger partial charge on any atom is 0.414 e. The summed E-state index contributed by atoms with van der Waals surface area (Å²) in [6.45, 7) is 0. The van der Waals surface area contributed by atoms with E-state index in [1.807, 2.05) is 0 Å². The van der Waals surface area contributed by atoms with Crippen LogP contribution in [0.2, 0.25) is 0 Å². The predicted molar refractivity (Wildman–Crippen MR) is 103 cm³/mol. The van der Waals surface area contributed by atoms with Crippen LogP contribution in [0.4, 0.5) is 18.9 Å². The molecule has 10 heteroatoms. The van der Waals surface area contributed by atoms with Crippen LogP contribution in [0, 0.1) is 0 Å². The summed E-state index contributed by atoms with van der Waals surface area (Å²) in [5.41, 5.74) is -0.221. The first-order valence-electron chi connectivity index (χ1n) is 7.92. The van der Waals surface area contributed by atoms with Crippen molar-refractivity contribution in [1.82, 2.24) is 9.78 Å². The van der Waals surface area contributed by atoms with Gasteiger partial charge in [0.05, 0.1) is 11.1 Å². The third-order valence-corrected chi connectivity index (χ3v) is 5.39. The molecule has 0 saturated carbocycles. The summed E-state index contributed by atoms with van der Waals surface area (Å²) in [5.74, 6) is -0.655. The summed E-state index contributed by atoms with van der Waals surface area (Å²) in [6, 6.07) is 12.5. The number of rotatable bonds is 4. The van der Waals surface area contributed by atoms with Crippen LogP contribution >= 0.6 is 23.4 Å². The normalized spacial score (nSPS) is 12.8. The topological polar surface area (TPSA) is 64.0 Å². The van der Waals surface area contributed by atoms with Crippen molar-refractivity contribution >= 4 is 45.7 Å². The molecule has 0 radical (unpaired) electrons. The average molecular weight is 428 g/mol. The second-order valence-corrected chi connectivity index (χ2v) is 7.59. The van der Waals surface area contributed by atoms with Crippen molar-refractivity contribution in [3.05, 3.63) is 64.6 Å². The lowest BCUT2D eigenvalue weighted by atomic mass is 10.1. The van der Waals surface area contributed by atoms with E-state index in [9.17, 15) is 22.8 Å². The molecule has 0 aliphatic rings. The molecule has 0 saturated heterocycles. The highest BCUT2D eigenvalue weighted by atomic mass is 35.5. The van der Waals surface area contributed by atoms with Crippen molar-refractivity contribution in [2.45, 2.75) is 15.8 Å². The second-order valence-electron chi connectivity index (χ2n) is 5.75. The molecule has 1 atom stereocenters. The van der Waals surface area contributed by atoms with Crippen molar-refractivity contribution in [1.29, 1.82) is 0 Å². The summed E-state index contributed by atoms with van der Waals surface area (Å²) in [7, 11) is 1.41. The Hall–Kier alpha value is -2.52. The van der Waals surface area contributed by atoms with Gasteiger partial charge in [-0.15, -0.1) is 11.6 Å². The van der Waals surface area contributed by atoms with Crippen LogP contribution in [-0.4, -0.2) is 26.6 Å². The molecule has 0 fully saturated rings. The molecule has 0 bridgehead atoms. The molecule has 3 rings (SSSR count). The monoisotopic (exact) mass is 427 g/mol. The standard InChI is InChI=1S/C18H13ClF3N3O2S/c1-25-16(27)11-7-3-2-6-10(11)14(24-25)15(26)23-12-8-4-5-9-13(12)28-17(19)18(20,21)22/h2-9,17H,1H3,(H,23,26)/t17-/m0/s1. The Balaban J connectivity index is 1.96. The molecule has 0 unspecified atom stereocenters. The van der Waals surface area contributed by atoms with Gasteiger partial charge in [-0.1, -0.05) is 42.1 Å². The summed E-state index contributed by atoms with van der Waals surface area (Å²) >= 11 is 5.78. The number of alkyl halides is 4. The molecular weight excluding hydrogens is 415 g/mol. The number of hydrogen-bond acceptors (Lipinski definition) is 4. The van der Waals surface area contributed by atoms with Crippen LogP contribution in [0.15, 0.2) is 58.2 Å². The summed E-state index contributed by atoms with van der Waals surface area (Å²) < 4.78 is 37.2. The van der Waals surface area contributed by atoms with E-state index >= 15 is 0 Å².